The fraction of sp³-hybridized carbons (Fsp3) is 0.300. The van der Waals surface area contributed by atoms with Crippen LogP contribution in [0.2, 0.25) is 0 Å². The number of benzene rings is 2. The van der Waals surface area contributed by atoms with Gasteiger partial charge in [-0.3, -0.25) is 4.79 Å². The molecule has 1 aliphatic rings. The minimum atomic E-state index is -0.488. The second-order valence-corrected chi connectivity index (χ2v) is 6.67. The molecule has 134 valence electrons. The van der Waals surface area contributed by atoms with Crippen LogP contribution in [0.15, 0.2) is 42.5 Å². The van der Waals surface area contributed by atoms with Gasteiger partial charge in [0, 0.05) is 25.2 Å². The number of piperidine rings is 1. The van der Waals surface area contributed by atoms with E-state index in [1.165, 1.54) is 24.3 Å². The van der Waals surface area contributed by atoms with E-state index < -0.39 is 5.82 Å². The highest BCUT2D eigenvalue weighted by atomic mass is 19.1. The van der Waals surface area contributed by atoms with Crippen molar-refractivity contribution in [2.45, 2.75) is 25.8 Å². The Hall–Kier alpha value is -2.76. The first-order valence-electron chi connectivity index (χ1n) is 8.72. The van der Waals surface area contributed by atoms with Crippen molar-refractivity contribution in [2.24, 2.45) is 0 Å². The number of hydrogen-bond acceptors (Lipinski definition) is 2. The number of imidazole rings is 1. The standard InChI is InChI=1S/C20H19F2N3O/c1-13-23-18-12-14(21)6-7-19(18)25(13)15-8-10-24(11-9-15)20(26)16-4-2-3-5-17(16)22/h2-7,12,15H,8-11H2,1H3. The molecule has 0 radical (unpaired) electrons. The van der Waals surface area contributed by atoms with E-state index >= 15 is 0 Å². The maximum atomic E-state index is 13.9. The van der Waals surface area contributed by atoms with Crippen molar-refractivity contribution in [1.82, 2.24) is 14.5 Å². The van der Waals surface area contributed by atoms with Crippen LogP contribution in [0.5, 0.6) is 0 Å². The maximum absolute atomic E-state index is 13.9. The Morgan fingerprint density at radius 2 is 1.85 bits per heavy atom. The van der Waals surface area contributed by atoms with Gasteiger partial charge < -0.3 is 9.47 Å². The highest BCUT2D eigenvalue weighted by Gasteiger charge is 2.27. The largest absolute Gasteiger partial charge is 0.338 e. The Morgan fingerprint density at radius 3 is 2.58 bits per heavy atom. The monoisotopic (exact) mass is 355 g/mol. The van der Waals surface area contributed by atoms with Gasteiger partial charge in [0.2, 0.25) is 0 Å². The molecule has 6 heteroatoms. The fourth-order valence-electron chi connectivity index (χ4n) is 3.79. The molecule has 26 heavy (non-hydrogen) atoms. The molecule has 0 bridgehead atoms. The molecule has 0 atom stereocenters. The minimum absolute atomic E-state index is 0.116. The highest BCUT2D eigenvalue weighted by molar-refractivity contribution is 5.94. The molecule has 0 aliphatic carbocycles. The van der Waals surface area contributed by atoms with Crippen molar-refractivity contribution in [3.05, 3.63) is 65.5 Å². The van der Waals surface area contributed by atoms with Gasteiger partial charge in [-0.05, 0) is 44.0 Å². The van der Waals surface area contributed by atoms with E-state index in [0.717, 1.165) is 24.2 Å². The predicted molar refractivity (Wildman–Crippen MR) is 95.0 cm³/mol. The van der Waals surface area contributed by atoms with Gasteiger partial charge in [0.1, 0.15) is 17.5 Å². The zero-order valence-corrected chi connectivity index (χ0v) is 14.5. The van der Waals surface area contributed by atoms with E-state index in [4.69, 9.17) is 0 Å². The summed E-state index contributed by atoms with van der Waals surface area (Å²) in [6.07, 6.45) is 1.51. The molecule has 4 rings (SSSR count). The summed E-state index contributed by atoms with van der Waals surface area (Å²) in [7, 11) is 0. The van der Waals surface area contributed by atoms with Crippen molar-refractivity contribution in [1.29, 1.82) is 0 Å². The van der Waals surface area contributed by atoms with Gasteiger partial charge in [-0.2, -0.15) is 0 Å². The molecule has 1 saturated heterocycles. The van der Waals surface area contributed by atoms with E-state index in [9.17, 15) is 13.6 Å². The number of halogens is 2. The summed E-state index contributed by atoms with van der Waals surface area (Å²) < 4.78 is 29.4. The lowest BCUT2D eigenvalue weighted by Gasteiger charge is -2.33. The third kappa shape index (κ3) is 2.85. The lowest BCUT2D eigenvalue weighted by atomic mass is 10.0. The van der Waals surface area contributed by atoms with E-state index in [2.05, 4.69) is 9.55 Å². The summed E-state index contributed by atoms with van der Waals surface area (Å²) in [5.74, 6) is -0.217. The quantitative estimate of drug-likeness (QED) is 0.694. The van der Waals surface area contributed by atoms with Gasteiger partial charge in [0.25, 0.3) is 5.91 Å². The van der Waals surface area contributed by atoms with Gasteiger partial charge in [0.05, 0.1) is 16.6 Å². The molecule has 2 heterocycles. The lowest BCUT2D eigenvalue weighted by molar-refractivity contribution is 0.0690. The molecule has 4 nitrogen and oxygen atoms in total. The number of carbonyl (C=O) groups excluding carboxylic acids is 1. The first kappa shape index (κ1) is 16.7. The number of fused-ring (bicyclic) bond motifs is 1. The van der Waals surface area contributed by atoms with Gasteiger partial charge in [-0.1, -0.05) is 12.1 Å². The third-order valence-electron chi connectivity index (χ3n) is 5.05. The van der Waals surface area contributed by atoms with Crippen LogP contribution in [0.1, 0.15) is 35.1 Å². The second-order valence-electron chi connectivity index (χ2n) is 6.67. The molecule has 2 aromatic carbocycles. The Bertz CT molecular complexity index is 974. The summed E-state index contributed by atoms with van der Waals surface area (Å²) in [4.78, 5) is 18.7. The van der Waals surface area contributed by atoms with Crippen LogP contribution in [0.4, 0.5) is 8.78 Å². The zero-order valence-electron chi connectivity index (χ0n) is 14.5. The minimum Gasteiger partial charge on any atom is -0.338 e. The molecule has 0 N–H and O–H groups in total. The average molecular weight is 355 g/mol. The molecule has 1 amide bonds. The summed E-state index contributed by atoms with van der Waals surface area (Å²) in [5.41, 5.74) is 1.67. The molecule has 1 fully saturated rings. The van der Waals surface area contributed by atoms with Crippen LogP contribution in [0.25, 0.3) is 11.0 Å². The van der Waals surface area contributed by atoms with E-state index in [0.29, 0.717) is 18.6 Å². The van der Waals surface area contributed by atoms with Crippen LogP contribution >= 0.6 is 0 Å². The number of carbonyl (C=O) groups is 1. The second kappa shape index (κ2) is 6.52. The first-order chi connectivity index (χ1) is 12.5. The molecule has 0 spiro atoms. The normalized spacial score (nSPS) is 15.6. The Balaban J connectivity index is 1.53. The summed E-state index contributed by atoms with van der Waals surface area (Å²) in [6.45, 7) is 3.02. The van der Waals surface area contributed by atoms with E-state index in [1.54, 1.807) is 23.1 Å². The Labute approximate surface area is 150 Å². The zero-order chi connectivity index (χ0) is 18.3. The molecular formula is C20H19F2N3O. The van der Waals surface area contributed by atoms with Crippen LogP contribution in [-0.2, 0) is 0 Å². The molecular weight excluding hydrogens is 336 g/mol. The van der Waals surface area contributed by atoms with Crippen LogP contribution < -0.4 is 0 Å². The number of hydrogen-bond donors (Lipinski definition) is 0. The van der Waals surface area contributed by atoms with Gasteiger partial charge in [-0.15, -0.1) is 0 Å². The van der Waals surface area contributed by atoms with Crippen LogP contribution in [0, 0.1) is 18.6 Å². The average Bonchev–Trinajstić information content (AvgIpc) is 2.96. The molecule has 1 aromatic heterocycles. The Morgan fingerprint density at radius 1 is 1.12 bits per heavy atom. The van der Waals surface area contributed by atoms with Crippen LogP contribution in [-0.4, -0.2) is 33.4 Å². The molecule has 3 aromatic rings. The van der Waals surface area contributed by atoms with Crippen molar-refractivity contribution >= 4 is 16.9 Å². The van der Waals surface area contributed by atoms with Crippen molar-refractivity contribution < 1.29 is 13.6 Å². The first-order valence-corrected chi connectivity index (χ1v) is 8.72. The van der Waals surface area contributed by atoms with Gasteiger partial charge >= 0.3 is 0 Å². The fourth-order valence-corrected chi connectivity index (χ4v) is 3.79. The van der Waals surface area contributed by atoms with E-state index in [1.807, 2.05) is 6.92 Å². The number of rotatable bonds is 2. The lowest BCUT2D eigenvalue weighted by Crippen LogP contribution is -2.39. The van der Waals surface area contributed by atoms with E-state index in [-0.39, 0.29) is 23.3 Å². The number of nitrogens with zero attached hydrogens (tertiary/aromatic N) is 3. The predicted octanol–water partition coefficient (Wildman–Crippen LogP) is 4.10. The number of aromatic nitrogens is 2. The summed E-state index contributed by atoms with van der Waals surface area (Å²) in [5, 5.41) is 0. The maximum Gasteiger partial charge on any atom is 0.256 e. The smallest absolute Gasteiger partial charge is 0.256 e. The number of likely N-dealkylation sites (tertiary alicyclic amines) is 1. The molecule has 0 saturated carbocycles. The molecule has 1 aliphatic heterocycles. The number of amides is 1. The highest BCUT2D eigenvalue weighted by Crippen LogP contribution is 2.29. The third-order valence-corrected chi connectivity index (χ3v) is 5.05. The topological polar surface area (TPSA) is 38.1 Å². The van der Waals surface area contributed by atoms with Crippen LogP contribution in [0.3, 0.4) is 0 Å². The summed E-state index contributed by atoms with van der Waals surface area (Å²) in [6, 6.07) is 10.9. The van der Waals surface area contributed by atoms with Crippen molar-refractivity contribution in [3.8, 4) is 0 Å². The van der Waals surface area contributed by atoms with Gasteiger partial charge in [0.15, 0.2) is 0 Å². The van der Waals surface area contributed by atoms with Crippen molar-refractivity contribution in [2.75, 3.05) is 13.1 Å². The SMILES string of the molecule is Cc1nc2cc(F)ccc2n1C1CCN(C(=O)c2ccccc2F)CC1. The van der Waals surface area contributed by atoms with Crippen molar-refractivity contribution in [3.63, 3.8) is 0 Å². The summed E-state index contributed by atoms with van der Waals surface area (Å²) >= 11 is 0. The van der Waals surface area contributed by atoms with Gasteiger partial charge in [-0.25, -0.2) is 13.8 Å². The Kier molecular flexibility index (Phi) is 4.18. The molecule has 0 unspecified atom stereocenters. The number of aryl methyl sites for hydroxylation is 1.